The highest BCUT2D eigenvalue weighted by Gasteiger charge is 2.00. The summed E-state index contributed by atoms with van der Waals surface area (Å²) in [7, 11) is 0. The van der Waals surface area contributed by atoms with Gasteiger partial charge in [-0.3, -0.25) is 0 Å². The van der Waals surface area contributed by atoms with Gasteiger partial charge in [0, 0.05) is 25.9 Å². The molecule has 2 N–H and O–H groups in total. The Bertz CT molecular complexity index is 671. The van der Waals surface area contributed by atoms with Crippen molar-refractivity contribution < 1.29 is 4.74 Å². The molecular weight excluding hydrogens is 348 g/mol. The number of ether oxygens (including phenoxy) is 1. The van der Waals surface area contributed by atoms with E-state index in [0.29, 0.717) is 18.3 Å². The van der Waals surface area contributed by atoms with Crippen LogP contribution < -0.4 is 10.6 Å². The topological polar surface area (TPSA) is 58.5 Å². The van der Waals surface area contributed by atoms with E-state index in [1.165, 1.54) is 11.1 Å². The number of hydrogen-bond acceptors (Lipinski definition) is 3. The Morgan fingerprint density at radius 3 is 2.42 bits per heavy atom. The minimum Gasteiger partial charge on any atom is -0.377 e. The zero-order valence-electron chi connectivity index (χ0n) is 15.5. The Labute approximate surface area is 160 Å². The number of guanidine groups is 1. The van der Waals surface area contributed by atoms with Gasteiger partial charge in [-0.2, -0.15) is 0 Å². The van der Waals surface area contributed by atoms with Crippen LogP contribution in [-0.4, -0.2) is 30.6 Å². The molecule has 0 bridgehead atoms. The molecule has 5 nitrogen and oxygen atoms in total. The average Bonchev–Trinajstić information content (AvgIpc) is 2.67. The fourth-order valence-electron chi connectivity index (χ4n) is 2.35. The number of halogens is 1. The van der Waals surface area contributed by atoms with Gasteiger partial charge < -0.3 is 15.4 Å². The first-order valence-electron chi connectivity index (χ1n) is 8.99. The Balaban J connectivity index is 1.84. The largest absolute Gasteiger partial charge is 0.377 e. The van der Waals surface area contributed by atoms with Gasteiger partial charge in [0.2, 0.25) is 0 Å². The summed E-state index contributed by atoms with van der Waals surface area (Å²) in [6, 6.07) is 12.2. The monoisotopic (exact) mass is 374 g/mol. The molecule has 0 unspecified atom stereocenters. The van der Waals surface area contributed by atoms with Crippen LogP contribution in [0.4, 0.5) is 0 Å². The molecule has 1 aromatic heterocycles. The first-order chi connectivity index (χ1) is 12.7. The van der Waals surface area contributed by atoms with Crippen LogP contribution in [0.2, 0.25) is 5.15 Å². The molecule has 26 heavy (non-hydrogen) atoms. The number of pyridine rings is 1. The number of nitrogens with one attached hydrogen (secondary N) is 2. The SMILES string of the molecule is CCNC(=NCc1ccc(COCC)cc1)NCCc1ccc(Cl)nc1. The smallest absolute Gasteiger partial charge is 0.191 e. The molecule has 0 aliphatic heterocycles. The summed E-state index contributed by atoms with van der Waals surface area (Å²) >= 11 is 5.81. The maximum Gasteiger partial charge on any atom is 0.191 e. The lowest BCUT2D eigenvalue weighted by molar-refractivity contribution is 0.134. The van der Waals surface area contributed by atoms with Gasteiger partial charge in [-0.1, -0.05) is 41.9 Å². The molecule has 0 radical (unpaired) electrons. The summed E-state index contributed by atoms with van der Waals surface area (Å²) in [5.41, 5.74) is 3.49. The molecule has 1 aromatic carbocycles. The van der Waals surface area contributed by atoms with Crippen LogP contribution in [0.5, 0.6) is 0 Å². The van der Waals surface area contributed by atoms with Crippen molar-refractivity contribution in [1.82, 2.24) is 15.6 Å². The molecule has 0 saturated carbocycles. The molecule has 2 aromatic rings. The standard InChI is InChI=1S/C20H27ClN4O/c1-3-22-20(23-12-11-17-9-10-19(21)24-13-17)25-14-16-5-7-18(8-6-16)15-26-4-2/h5-10,13H,3-4,11-12,14-15H2,1-2H3,(H2,22,23,25). The van der Waals surface area contributed by atoms with Crippen molar-refractivity contribution in [2.75, 3.05) is 19.7 Å². The Morgan fingerprint density at radius 2 is 1.77 bits per heavy atom. The molecule has 0 spiro atoms. The second-order valence-corrected chi connectivity index (χ2v) is 6.20. The number of aromatic nitrogens is 1. The lowest BCUT2D eigenvalue weighted by Crippen LogP contribution is -2.38. The van der Waals surface area contributed by atoms with E-state index in [-0.39, 0.29) is 0 Å². The van der Waals surface area contributed by atoms with Crippen molar-refractivity contribution in [3.05, 3.63) is 64.4 Å². The zero-order chi connectivity index (χ0) is 18.6. The van der Waals surface area contributed by atoms with Crippen molar-refractivity contribution >= 4 is 17.6 Å². The summed E-state index contributed by atoms with van der Waals surface area (Å²) in [5, 5.41) is 7.14. The maximum absolute atomic E-state index is 5.81. The van der Waals surface area contributed by atoms with E-state index >= 15 is 0 Å². The molecule has 140 valence electrons. The number of hydrogen-bond donors (Lipinski definition) is 2. The zero-order valence-corrected chi connectivity index (χ0v) is 16.2. The van der Waals surface area contributed by atoms with Gasteiger partial charge in [0.05, 0.1) is 13.2 Å². The van der Waals surface area contributed by atoms with Crippen molar-refractivity contribution in [2.45, 2.75) is 33.4 Å². The van der Waals surface area contributed by atoms with Crippen LogP contribution in [-0.2, 0) is 24.3 Å². The number of rotatable bonds is 9. The first kappa shape index (κ1) is 20.2. The fourth-order valence-corrected chi connectivity index (χ4v) is 2.46. The molecule has 0 aliphatic rings. The van der Waals surface area contributed by atoms with Crippen molar-refractivity contribution in [3.8, 4) is 0 Å². The molecule has 0 amide bonds. The van der Waals surface area contributed by atoms with Gasteiger partial charge in [0.25, 0.3) is 0 Å². The summed E-state index contributed by atoms with van der Waals surface area (Å²) in [6.45, 7) is 7.68. The molecule has 0 fully saturated rings. The lowest BCUT2D eigenvalue weighted by Gasteiger charge is -2.11. The predicted octanol–water partition coefficient (Wildman–Crippen LogP) is 3.57. The minimum absolute atomic E-state index is 0.517. The van der Waals surface area contributed by atoms with Crippen molar-refractivity contribution in [2.24, 2.45) is 4.99 Å². The Hall–Kier alpha value is -2.11. The van der Waals surface area contributed by atoms with Crippen LogP contribution in [0.15, 0.2) is 47.6 Å². The normalized spacial score (nSPS) is 11.4. The molecule has 1 heterocycles. The molecule has 6 heteroatoms. The highest BCUT2D eigenvalue weighted by atomic mass is 35.5. The molecular formula is C20H27ClN4O. The Kier molecular flexibility index (Phi) is 8.93. The number of benzene rings is 1. The van der Waals surface area contributed by atoms with E-state index in [1.807, 2.05) is 19.1 Å². The van der Waals surface area contributed by atoms with Crippen molar-refractivity contribution in [1.29, 1.82) is 0 Å². The van der Waals surface area contributed by atoms with Crippen LogP contribution in [0, 0.1) is 0 Å². The van der Waals surface area contributed by atoms with E-state index < -0.39 is 0 Å². The second-order valence-electron chi connectivity index (χ2n) is 5.81. The van der Waals surface area contributed by atoms with Gasteiger partial charge in [-0.25, -0.2) is 9.98 Å². The Morgan fingerprint density at radius 1 is 1.04 bits per heavy atom. The van der Waals surface area contributed by atoms with E-state index in [9.17, 15) is 0 Å². The summed E-state index contributed by atoms with van der Waals surface area (Å²) in [5.74, 6) is 0.813. The van der Waals surface area contributed by atoms with Crippen LogP contribution in [0.25, 0.3) is 0 Å². The highest BCUT2D eigenvalue weighted by molar-refractivity contribution is 6.29. The third-order valence-corrected chi connectivity index (χ3v) is 3.98. The minimum atomic E-state index is 0.517. The summed E-state index contributed by atoms with van der Waals surface area (Å²) in [4.78, 5) is 8.75. The highest BCUT2D eigenvalue weighted by Crippen LogP contribution is 2.07. The van der Waals surface area contributed by atoms with Gasteiger partial charge in [0.15, 0.2) is 5.96 Å². The average molecular weight is 375 g/mol. The number of aliphatic imine (C=N–C) groups is 1. The predicted molar refractivity (Wildman–Crippen MR) is 108 cm³/mol. The van der Waals surface area contributed by atoms with Crippen LogP contribution in [0.1, 0.15) is 30.5 Å². The third-order valence-electron chi connectivity index (χ3n) is 3.75. The van der Waals surface area contributed by atoms with Crippen molar-refractivity contribution in [3.63, 3.8) is 0 Å². The quantitative estimate of drug-likeness (QED) is 0.400. The fraction of sp³-hybridized carbons (Fsp3) is 0.400. The van der Waals surface area contributed by atoms with E-state index in [4.69, 9.17) is 16.3 Å². The summed E-state index contributed by atoms with van der Waals surface area (Å²) in [6.07, 6.45) is 2.67. The van der Waals surface area contributed by atoms with E-state index in [1.54, 1.807) is 6.20 Å². The molecule has 0 saturated heterocycles. The second kappa shape index (κ2) is 11.5. The van der Waals surface area contributed by atoms with E-state index in [2.05, 4.69) is 51.8 Å². The molecule has 0 atom stereocenters. The third kappa shape index (κ3) is 7.42. The van der Waals surface area contributed by atoms with Crippen LogP contribution in [0.3, 0.4) is 0 Å². The lowest BCUT2D eigenvalue weighted by atomic mass is 10.1. The molecule has 0 aliphatic carbocycles. The van der Waals surface area contributed by atoms with Gasteiger partial charge in [-0.05, 0) is 43.0 Å². The summed E-state index contributed by atoms with van der Waals surface area (Å²) < 4.78 is 5.42. The van der Waals surface area contributed by atoms with Gasteiger partial charge in [0.1, 0.15) is 5.15 Å². The maximum atomic E-state index is 5.81. The van der Waals surface area contributed by atoms with Gasteiger partial charge >= 0.3 is 0 Å². The number of nitrogens with zero attached hydrogens (tertiary/aromatic N) is 2. The van der Waals surface area contributed by atoms with E-state index in [0.717, 1.165) is 37.6 Å². The van der Waals surface area contributed by atoms with Gasteiger partial charge in [-0.15, -0.1) is 0 Å². The molecule has 2 rings (SSSR count). The first-order valence-corrected chi connectivity index (χ1v) is 9.37. The van der Waals surface area contributed by atoms with Crippen LogP contribution >= 0.6 is 11.6 Å².